The molecule has 0 saturated carbocycles. The van der Waals surface area contributed by atoms with Crippen LogP contribution < -0.4 is 10.5 Å². The Morgan fingerprint density at radius 1 is 1.09 bits per heavy atom. The van der Waals surface area contributed by atoms with Crippen LogP contribution in [0, 0.1) is 0 Å². The van der Waals surface area contributed by atoms with Gasteiger partial charge in [0.2, 0.25) is 0 Å². The Kier molecular flexibility index (Phi) is 6.54. The van der Waals surface area contributed by atoms with Crippen molar-refractivity contribution in [3.8, 4) is 5.75 Å². The molecule has 1 fully saturated rings. The number of oxime groups is 1. The third kappa shape index (κ3) is 5.63. The lowest BCUT2D eigenvalue weighted by Crippen LogP contribution is -2.34. The van der Waals surface area contributed by atoms with Gasteiger partial charge in [-0.2, -0.15) is 0 Å². The first kappa shape index (κ1) is 16.1. The number of para-hydroxylation sites is 1. The van der Waals surface area contributed by atoms with E-state index in [0.717, 1.165) is 25.9 Å². The van der Waals surface area contributed by atoms with Crippen molar-refractivity contribution in [3.63, 3.8) is 0 Å². The molecule has 120 valence electrons. The number of ether oxygens (including phenoxy) is 1. The number of likely N-dealkylation sites (tertiary alicyclic amines) is 1. The maximum Gasteiger partial charge on any atom is 0.263 e. The molecule has 0 aliphatic carbocycles. The van der Waals surface area contributed by atoms with Gasteiger partial charge in [0.25, 0.3) is 5.91 Å². The highest BCUT2D eigenvalue weighted by Gasteiger charge is 2.15. The zero-order valence-corrected chi connectivity index (χ0v) is 12.7. The summed E-state index contributed by atoms with van der Waals surface area (Å²) in [6.45, 7) is 1.66. The van der Waals surface area contributed by atoms with E-state index in [2.05, 4.69) is 5.16 Å². The number of hydrogen-bond acceptors (Lipinski definition) is 4. The molecule has 0 unspecified atom stereocenters. The molecule has 1 aliphatic heterocycles. The molecule has 1 heterocycles. The molecular weight excluding hydrogens is 282 g/mol. The maximum absolute atomic E-state index is 12.0. The van der Waals surface area contributed by atoms with Crippen molar-refractivity contribution in [2.75, 3.05) is 26.3 Å². The summed E-state index contributed by atoms with van der Waals surface area (Å²) in [5.41, 5.74) is 5.69. The van der Waals surface area contributed by atoms with E-state index in [1.807, 2.05) is 35.2 Å². The van der Waals surface area contributed by atoms with E-state index < -0.39 is 0 Å². The Morgan fingerprint density at radius 2 is 1.77 bits per heavy atom. The van der Waals surface area contributed by atoms with Crippen molar-refractivity contribution in [3.05, 3.63) is 30.3 Å². The van der Waals surface area contributed by atoms with Crippen molar-refractivity contribution < 1.29 is 14.4 Å². The van der Waals surface area contributed by atoms with E-state index in [4.69, 9.17) is 15.3 Å². The molecule has 1 aliphatic rings. The van der Waals surface area contributed by atoms with Gasteiger partial charge in [0, 0.05) is 13.1 Å². The fraction of sp³-hybridized carbons (Fsp3) is 0.500. The molecule has 0 spiro atoms. The number of carbonyl (C=O) groups is 1. The Labute approximate surface area is 130 Å². The average molecular weight is 305 g/mol. The molecule has 1 aromatic rings. The lowest BCUT2D eigenvalue weighted by molar-refractivity contribution is -0.136. The van der Waals surface area contributed by atoms with Crippen molar-refractivity contribution in [2.24, 2.45) is 10.9 Å². The number of benzene rings is 1. The molecule has 6 heteroatoms. The highest BCUT2D eigenvalue weighted by atomic mass is 16.6. The van der Waals surface area contributed by atoms with Crippen molar-refractivity contribution >= 4 is 11.7 Å². The predicted octanol–water partition coefficient (Wildman–Crippen LogP) is 1.76. The molecule has 22 heavy (non-hydrogen) atoms. The normalized spacial score (nSPS) is 16.0. The topological polar surface area (TPSA) is 77.1 Å². The lowest BCUT2D eigenvalue weighted by atomic mass is 10.2. The van der Waals surface area contributed by atoms with Crippen LogP contribution in [0.1, 0.15) is 25.7 Å². The highest BCUT2D eigenvalue weighted by molar-refractivity contribution is 5.81. The number of nitrogens with two attached hydrogens (primary N) is 1. The fourth-order valence-electron chi connectivity index (χ4n) is 2.28. The van der Waals surface area contributed by atoms with Gasteiger partial charge in [-0.05, 0) is 25.0 Å². The van der Waals surface area contributed by atoms with E-state index >= 15 is 0 Å². The number of rotatable bonds is 6. The van der Waals surface area contributed by atoms with Gasteiger partial charge in [0.1, 0.15) is 12.4 Å². The molecule has 1 aromatic carbocycles. The lowest BCUT2D eigenvalue weighted by Gasteiger charge is -2.19. The minimum atomic E-state index is -0.0773. The van der Waals surface area contributed by atoms with Gasteiger partial charge in [-0.15, -0.1) is 0 Å². The molecule has 2 N–H and O–H groups in total. The first-order valence-corrected chi connectivity index (χ1v) is 7.65. The molecule has 1 amide bonds. The number of nitrogens with zero attached hydrogens (tertiary/aromatic N) is 2. The van der Waals surface area contributed by atoms with Gasteiger partial charge >= 0.3 is 0 Å². The number of amidine groups is 1. The van der Waals surface area contributed by atoms with Crippen molar-refractivity contribution in [1.82, 2.24) is 4.90 Å². The summed E-state index contributed by atoms with van der Waals surface area (Å²) in [4.78, 5) is 18.8. The maximum atomic E-state index is 12.0. The summed E-state index contributed by atoms with van der Waals surface area (Å²) in [7, 11) is 0. The van der Waals surface area contributed by atoms with Crippen molar-refractivity contribution in [1.29, 1.82) is 0 Å². The smallest absolute Gasteiger partial charge is 0.263 e. The summed E-state index contributed by atoms with van der Waals surface area (Å²) >= 11 is 0. The minimum Gasteiger partial charge on any atom is -0.486 e. The van der Waals surface area contributed by atoms with Gasteiger partial charge in [-0.25, -0.2) is 0 Å². The predicted molar refractivity (Wildman–Crippen MR) is 84.6 cm³/mol. The van der Waals surface area contributed by atoms with Crippen LogP contribution in [0.5, 0.6) is 5.75 Å². The third-order valence-electron chi connectivity index (χ3n) is 3.46. The zero-order chi connectivity index (χ0) is 15.6. The van der Waals surface area contributed by atoms with E-state index in [-0.39, 0.29) is 25.0 Å². The zero-order valence-electron chi connectivity index (χ0n) is 12.7. The van der Waals surface area contributed by atoms with E-state index in [1.165, 1.54) is 12.8 Å². The van der Waals surface area contributed by atoms with E-state index in [9.17, 15) is 4.79 Å². The molecule has 2 rings (SSSR count). The molecule has 0 radical (unpaired) electrons. The highest BCUT2D eigenvalue weighted by Crippen LogP contribution is 2.10. The van der Waals surface area contributed by atoms with Gasteiger partial charge in [-0.3, -0.25) is 4.79 Å². The summed E-state index contributed by atoms with van der Waals surface area (Å²) in [6, 6.07) is 9.31. The SMILES string of the molecule is N/C(COc1ccccc1)=N\OCC(=O)N1CCCCCC1. The first-order valence-electron chi connectivity index (χ1n) is 7.65. The average Bonchev–Trinajstić information content (AvgIpc) is 2.83. The standard InChI is InChI=1S/C16H23N3O3/c17-15(12-21-14-8-4-3-5-9-14)18-22-13-16(20)19-10-6-1-2-7-11-19/h3-5,8-9H,1-2,6-7,10-13H2,(H2,17,18). The molecule has 0 aromatic heterocycles. The second kappa shape index (κ2) is 8.92. The Hall–Kier alpha value is -2.24. The quantitative estimate of drug-likeness (QED) is 0.493. The van der Waals surface area contributed by atoms with E-state index in [0.29, 0.717) is 5.75 Å². The van der Waals surface area contributed by atoms with Crippen molar-refractivity contribution in [2.45, 2.75) is 25.7 Å². The molecule has 0 atom stereocenters. The molecule has 6 nitrogen and oxygen atoms in total. The summed E-state index contributed by atoms with van der Waals surface area (Å²) < 4.78 is 5.43. The van der Waals surface area contributed by atoms with Crippen LogP contribution in [-0.2, 0) is 9.63 Å². The van der Waals surface area contributed by atoms with Gasteiger partial charge < -0.3 is 20.2 Å². The monoisotopic (exact) mass is 305 g/mol. The molecule has 1 saturated heterocycles. The molecule has 0 bridgehead atoms. The Balaban J connectivity index is 1.68. The van der Waals surface area contributed by atoms with Crippen LogP contribution in [-0.4, -0.2) is 42.9 Å². The van der Waals surface area contributed by atoms with Gasteiger partial charge in [-0.1, -0.05) is 36.2 Å². The third-order valence-corrected chi connectivity index (χ3v) is 3.46. The van der Waals surface area contributed by atoms with E-state index in [1.54, 1.807) is 0 Å². The van der Waals surface area contributed by atoms with Crippen LogP contribution in [0.15, 0.2) is 35.5 Å². The first-order chi connectivity index (χ1) is 10.8. The molecular formula is C16H23N3O3. The minimum absolute atomic E-state index is 0.0394. The number of hydrogen-bond donors (Lipinski definition) is 1. The number of amides is 1. The van der Waals surface area contributed by atoms with Crippen LogP contribution in [0.4, 0.5) is 0 Å². The fourth-order valence-corrected chi connectivity index (χ4v) is 2.28. The summed E-state index contributed by atoms with van der Waals surface area (Å²) in [6.07, 6.45) is 4.49. The largest absolute Gasteiger partial charge is 0.486 e. The van der Waals surface area contributed by atoms with Gasteiger partial charge in [0.15, 0.2) is 12.4 Å². The van der Waals surface area contributed by atoms with Crippen LogP contribution in [0.3, 0.4) is 0 Å². The summed E-state index contributed by atoms with van der Waals surface area (Å²) in [5.74, 6) is 0.872. The Bertz CT molecular complexity index is 483. The summed E-state index contributed by atoms with van der Waals surface area (Å²) in [5, 5.41) is 3.72. The van der Waals surface area contributed by atoms with Gasteiger partial charge in [0.05, 0.1) is 0 Å². The number of carbonyl (C=O) groups excluding carboxylic acids is 1. The second-order valence-corrected chi connectivity index (χ2v) is 5.25. The Morgan fingerprint density at radius 3 is 2.45 bits per heavy atom. The second-order valence-electron chi connectivity index (χ2n) is 5.25. The van der Waals surface area contributed by atoms with Crippen LogP contribution >= 0.6 is 0 Å². The van der Waals surface area contributed by atoms with Crippen LogP contribution in [0.2, 0.25) is 0 Å². The van der Waals surface area contributed by atoms with Crippen LogP contribution in [0.25, 0.3) is 0 Å².